The van der Waals surface area contributed by atoms with Crippen LogP contribution in [0.4, 0.5) is 11.4 Å². The molecule has 2 aliphatic carbocycles. The van der Waals surface area contributed by atoms with Gasteiger partial charge in [0, 0.05) is 28.4 Å². The van der Waals surface area contributed by atoms with Crippen molar-refractivity contribution < 1.29 is 14.8 Å². The van der Waals surface area contributed by atoms with Gasteiger partial charge in [0.15, 0.2) is 0 Å². The summed E-state index contributed by atoms with van der Waals surface area (Å²) in [5.41, 5.74) is 3.06. The van der Waals surface area contributed by atoms with Crippen LogP contribution in [-0.2, 0) is 0 Å². The first-order valence-corrected chi connectivity index (χ1v) is 9.89. The van der Waals surface area contributed by atoms with E-state index in [9.17, 15) is 20.0 Å². The number of carboxylic acids is 1. The molecule has 1 aliphatic heterocycles. The van der Waals surface area contributed by atoms with E-state index in [4.69, 9.17) is 11.6 Å². The zero-order chi connectivity index (χ0) is 19.6. The van der Waals surface area contributed by atoms with Gasteiger partial charge in [0.25, 0.3) is 5.69 Å². The molecule has 0 aromatic heterocycles. The summed E-state index contributed by atoms with van der Waals surface area (Å²) in [4.78, 5) is 22.4. The Bertz CT molecular complexity index is 1010. The van der Waals surface area contributed by atoms with Crippen LogP contribution in [0.3, 0.4) is 0 Å². The summed E-state index contributed by atoms with van der Waals surface area (Å²) >= 11 is 6.48. The summed E-state index contributed by atoms with van der Waals surface area (Å²) in [6.45, 7) is 0. The number of carboxylic acid groups (broad SMARTS) is 1. The first-order valence-electron chi connectivity index (χ1n) is 9.51. The largest absolute Gasteiger partial charge is 0.478 e. The number of benzene rings is 2. The molecule has 28 heavy (non-hydrogen) atoms. The summed E-state index contributed by atoms with van der Waals surface area (Å²) in [5.74, 6) is 0.639. The maximum atomic E-state index is 11.5. The Morgan fingerprint density at radius 1 is 1.14 bits per heavy atom. The fourth-order valence-electron chi connectivity index (χ4n) is 5.81. The predicted molar refractivity (Wildman–Crippen MR) is 105 cm³/mol. The molecule has 3 aliphatic rings. The molecule has 0 spiro atoms. The van der Waals surface area contributed by atoms with E-state index in [0.717, 1.165) is 36.1 Å². The van der Waals surface area contributed by atoms with Crippen molar-refractivity contribution in [1.82, 2.24) is 0 Å². The highest BCUT2D eigenvalue weighted by Crippen LogP contribution is 2.64. The van der Waals surface area contributed by atoms with Gasteiger partial charge in [-0.2, -0.15) is 0 Å². The molecule has 2 N–H and O–H groups in total. The number of nitrogens with one attached hydrogen (secondary N) is 1. The summed E-state index contributed by atoms with van der Waals surface area (Å²) in [6.07, 6.45) is 3.42. The van der Waals surface area contributed by atoms with Crippen molar-refractivity contribution in [2.75, 3.05) is 5.32 Å². The van der Waals surface area contributed by atoms with Gasteiger partial charge in [-0.1, -0.05) is 11.6 Å². The Morgan fingerprint density at radius 2 is 1.93 bits per heavy atom. The second kappa shape index (κ2) is 6.21. The zero-order valence-corrected chi connectivity index (χ0v) is 15.7. The van der Waals surface area contributed by atoms with Crippen LogP contribution in [0, 0.1) is 27.9 Å². The third-order valence-electron chi connectivity index (χ3n) is 6.86. The molecule has 0 unspecified atom stereocenters. The summed E-state index contributed by atoms with van der Waals surface area (Å²) in [7, 11) is 0. The predicted octanol–water partition coefficient (Wildman–Crippen LogP) is 5.24. The monoisotopic (exact) mass is 398 g/mol. The van der Waals surface area contributed by atoms with Crippen molar-refractivity contribution in [2.24, 2.45) is 17.8 Å². The lowest BCUT2D eigenvalue weighted by molar-refractivity contribution is -0.384. The number of hydrogen-bond donors (Lipinski definition) is 2. The molecule has 2 saturated carbocycles. The van der Waals surface area contributed by atoms with Gasteiger partial charge in [-0.05, 0) is 72.8 Å². The average Bonchev–Trinajstić information content (AvgIpc) is 3.29. The molecular formula is C21H19ClN2O4. The number of nitro groups is 1. The Kier molecular flexibility index (Phi) is 3.88. The van der Waals surface area contributed by atoms with Crippen LogP contribution < -0.4 is 5.32 Å². The summed E-state index contributed by atoms with van der Waals surface area (Å²) in [5, 5.41) is 24.8. The number of fused-ring (bicyclic) bond motifs is 7. The molecule has 2 aromatic rings. The Morgan fingerprint density at radius 3 is 2.68 bits per heavy atom. The van der Waals surface area contributed by atoms with Crippen LogP contribution in [0.25, 0.3) is 0 Å². The van der Waals surface area contributed by atoms with Crippen molar-refractivity contribution >= 4 is 28.9 Å². The second-order valence-corrected chi connectivity index (χ2v) is 8.54. The molecule has 2 aromatic carbocycles. The number of aromatic carboxylic acids is 1. The molecule has 0 saturated heterocycles. The number of anilines is 1. The van der Waals surface area contributed by atoms with Crippen molar-refractivity contribution in [3.05, 3.63) is 68.2 Å². The molecule has 2 fully saturated rings. The van der Waals surface area contributed by atoms with Crippen molar-refractivity contribution in [1.29, 1.82) is 0 Å². The molecule has 5 atom stereocenters. The Balaban J connectivity index is 1.65. The van der Waals surface area contributed by atoms with Gasteiger partial charge in [0.05, 0.1) is 16.5 Å². The molecule has 5 rings (SSSR count). The second-order valence-electron chi connectivity index (χ2n) is 8.13. The average molecular weight is 399 g/mol. The van der Waals surface area contributed by atoms with E-state index >= 15 is 0 Å². The number of halogens is 1. The minimum atomic E-state index is -0.925. The van der Waals surface area contributed by atoms with E-state index in [1.165, 1.54) is 6.07 Å². The van der Waals surface area contributed by atoms with Crippen LogP contribution in [0.5, 0.6) is 0 Å². The van der Waals surface area contributed by atoms with E-state index in [0.29, 0.717) is 22.4 Å². The summed E-state index contributed by atoms with van der Waals surface area (Å²) in [6, 6.07) is 9.72. The van der Waals surface area contributed by atoms with E-state index in [1.807, 2.05) is 6.07 Å². The first-order chi connectivity index (χ1) is 13.4. The molecule has 0 radical (unpaired) electrons. The number of rotatable bonds is 3. The van der Waals surface area contributed by atoms with Gasteiger partial charge >= 0.3 is 5.97 Å². The van der Waals surface area contributed by atoms with E-state index < -0.39 is 10.9 Å². The van der Waals surface area contributed by atoms with Crippen LogP contribution >= 0.6 is 11.6 Å². The fourth-order valence-corrected chi connectivity index (χ4v) is 6.05. The summed E-state index contributed by atoms with van der Waals surface area (Å²) < 4.78 is 0. The molecule has 0 amide bonds. The van der Waals surface area contributed by atoms with Gasteiger partial charge in [-0.25, -0.2) is 4.79 Å². The minimum Gasteiger partial charge on any atom is -0.478 e. The molecule has 7 heteroatoms. The van der Waals surface area contributed by atoms with Gasteiger partial charge in [0.1, 0.15) is 0 Å². The molecule has 1 heterocycles. The normalized spacial score (nSPS) is 29.7. The molecule has 6 nitrogen and oxygen atoms in total. The lowest BCUT2D eigenvalue weighted by atomic mass is 9.68. The highest BCUT2D eigenvalue weighted by Gasteiger charge is 2.54. The smallest absolute Gasteiger partial charge is 0.335 e. The lowest BCUT2D eigenvalue weighted by Crippen LogP contribution is -2.35. The van der Waals surface area contributed by atoms with Crippen LogP contribution in [0.15, 0.2) is 36.4 Å². The van der Waals surface area contributed by atoms with Gasteiger partial charge in [-0.15, -0.1) is 0 Å². The van der Waals surface area contributed by atoms with E-state index in [-0.39, 0.29) is 23.6 Å². The zero-order valence-electron chi connectivity index (χ0n) is 15.0. The molecule has 144 valence electrons. The maximum absolute atomic E-state index is 11.5. The third-order valence-corrected chi connectivity index (χ3v) is 7.20. The van der Waals surface area contributed by atoms with Gasteiger partial charge in [0.2, 0.25) is 0 Å². The van der Waals surface area contributed by atoms with Crippen molar-refractivity contribution in [3.63, 3.8) is 0 Å². The number of hydrogen-bond acceptors (Lipinski definition) is 4. The van der Waals surface area contributed by atoms with Crippen molar-refractivity contribution in [2.45, 2.75) is 31.2 Å². The molecule has 2 bridgehead atoms. The number of nitro benzene ring substituents is 1. The Labute approximate surface area is 166 Å². The maximum Gasteiger partial charge on any atom is 0.335 e. The van der Waals surface area contributed by atoms with Crippen LogP contribution in [0.1, 0.15) is 52.7 Å². The topological polar surface area (TPSA) is 92.5 Å². The molecular weight excluding hydrogens is 380 g/mol. The minimum absolute atomic E-state index is 0.0351. The SMILES string of the molecule is O=C(O)c1ccc2c(c1)[C@@H]1[C@H]3CC[C@@H](C3)[C@@H]1[C@@H](c1cc([N+](=O)[O-])ccc1Cl)N2. The number of carbonyl (C=O) groups is 1. The fraction of sp³-hybridized carbons (Fsp3) is 0.381. The highest BCUT2D eigenvalue weighted by molar-refractivity contribution is 6.31. The van der Waals surface area contributed by atoms with E-state index in [2.05, 4.69) is 5.32 Å². The lowest BCUT2D eigenvalue weighted by Gasteiger charge is -2.43. The number of nitrogens with zero attached hydrogens (tertiary/aromatic N) is 1. The van der Waals surface area contributed by atoms with E-state index in [1.54, 1.807) is 24.3 Å². The van der Waals surface area contributed by atoms with Crippen LogP contribution in [0.2, 0.25) is 5.02 Å². The van der Waals surface area contributed by atoms with Gasteiger partial charge < -0.3 is 10.4 Å². The van der Waals surface area contributed by atoms with Gasteiger partial charge in [-0.3, -0.25) is 10.1 Å². The first kappa shape index (κ1) is 17.5. The third kappa shape index (κ3) is 2.51. The highest BCUT2D eigenvalue weighted by atomic mass is 35.5. The van der Waals surface area contributed by atoms with Crippen molar-refractivity contribution in [3.8, 4) is 0 Å². The standard InChI is InChI=1S/C21H19ClN2O4/c22-16-5-4-13(24(27)28)9-14(16)20-19-11-2-1-10(7-11)18(19)15-8-12(21(25)26)3-6-17(15)23-20/h3-6,8-11,18-20,23H,1-2,7H2,(H,25,26)/t10-,11-,18-,19-,20+/m0/s1. The van der Waals surface area contributed by atoms with Crippen LogP contribution in [-0.4, -0.2) is 16.0 Å². The Hall–Kier alpha value is -2.60. The number of non-ortho nitro benzene ring substituents is 1. The quantitative estimate of drug-likeness (QED) is 0.544.